The summed E-state index contributed by atoms with van der Waals surface area (Å²) in [5.74, 6) is 0. The molecule has 0 N–H and O–H groups in total. The van der Waals surface area contributed by atoms with Crippen LogP contribution in [0.3, 0.4) is 0 Å². The first-order valence-corrected chi connectivity index (χ1v) is 4.26. The van der Waals surface area contributed by atoms with Crippen molar-refractivity contribution in [2.24, 2.45) is 0 Å². The molecule has 2 rings (SSSR count). The highest BCUT2D eigenvalue weighted by molar-refractivity contribution is 6.29. The van der Waals surface area contributed by atoms with Crippen LogP contribution in [0.5, 0.6) is 0 Å². The molecule has 0 bridgehead atoms. The molecule has 0 atom stereocenters. The fraction of sp³-hybridized carbons (Fsp3) is 0.286. The number of alkyl halides is 3. The van der Waals surface area contributed by atoms with Crippen LogP contribution < -0.4 is 0 Å². The van der Waals surface area contributed by atoms with Crippen molar-refractivity contribution in [1.29, 1.82) is 0 Å². The summed E-state index contributed by atoms with van der Waals surface area (Å²) >= 11 is 5.56. The van der Waals surface area contributed by atoms with E-state index < -0.39 is 12.7 Å². The Labute approximate surface area is 86.7 Å². The van der Waals surface area contributed by atoms with Crippen LogP contribution in [0.4, 0.5) is 13.2 Å². The van der Waals surface area contributed by atoms with Crippen LogP contribution >= 0.6 is 11.6 Å². The van der Waals surface area contributed by atoms with Gasteiger partial charge in [-0.2, -0.15) is 13.2 Å². The normalized spacial score (nSPS) is 12.3. The SMILES string of the molecule is FC(F)(F)Cn1nnc2ccc(Cl)nc21. The maximum absolute atomic E-state index is 12.1. The summed E-state index contributed by atoms with van der Waals surface area (Å²) < 4.78 is 37.0. The molecule has 0 saturated carbocycles. The predicted molar refractivity (Wildman–Crippen MR) is 46.4 cm³/mol. The van der Waals surface area contributed by atoms with Crippen molar-refractivity contribution in [3.63, 3.8) is 0 Å². The van der Waals surface area contributed by atoms with E-state index in [0.717, 1.165) is 0 Å². The quantitative estimate of drug-likeness (QED) is 0.712. The van der Waals surface area contributed by atoms with Gasteiger partial charge in [-0.05, 0) is 12.1 Å². The van der Waals surface area contributed by atoms with E-state index in [1.54, 1.807) is 0 Å². The Morgan fingerprint density at radius 1 is 1.33 bits per heavy atom. The van der Waals surface area contributed by atoms with Gasteiger partial charge in [-0.1, -0.05) is 16.8 Å². The third-order valence-electron chi connectivity index (χ3n) is 1.65. The van der Waals surface area contributed by atoms with Crippen LogP contribution in [-0.4, -0.2) is 26.2 Å². The molecule has 80 valence electrons. The Kier molecular flexibility index (Phi) is 2.26. The summed E-state index contributed by atoms with van der Waals surface area (Å²) in [5, 5.41) is 6.99. The van der Waals surface area contributed by atoms with Gasteiger partial charge in [-0.15, -0.1) is 5.10 Å². The topological polar surface area (TPSA) is 43.6 Å². The van der Waals surface area contributed by atoms with E-state index in [0.29, 0.717) is 4.68 Å². The molecule has 0 radical (unpaired) electrons. The van der Waals surface area contributed by atoms with Gasteiger partial charge in [0.05, 0.1) is 0 Å². The first-order chi connectivity index (χ1) is 6.96. The molecule has 0 saturated heterocycles. The minimum absolute atomic E-state index is 0.0276. The lowest BCUT2D eigenvalue weighted by Gasteiger charge is -2.05. The van der Waals surface area contributed by atoms with Crippen LogP contribution in [-0.2, 0) is 6.54 Å². The zero-order valence-electron chi connectivity index (χ0n) is 7.16. The molecule has 2 aromatic heterocycles. The summed E-state index contributed by atoms with van der Waals surface area (Å²) in [6.45, 7) is -1.23. The lowest BCUT2D eigenvalue weighted by Crippen LogP contribution is -2.18. The Hall–Kier alpha value is -1.37. The molecular formula is C7H4ClF3N4. The van der Waals surface area contributed by atoms with E-state index in [9.17, 15) is 13.2 Å². The van der Waals surface area contributed by atoms with Crippen molar-refractivity contribution < 1.29 is 13.2 Å². The molecule has 0 aliphatic rings. The number of hydrogen-bond donors (Lipinski definition) is 0. The van der Waals surface area contributed by atoms with Gasteiger partial charge >= 0.3 is 6.18 Å². The van der Waals surface area contributed by atoms with E-state index in [1.165, 1.54) is 12.1 Å². The van der Waals surface area contributed by atoms with Crippen molar-refractivity contribution in [2.75, 3.05) is 0 Å². The molecule has 0 fully saturated rings. The monoisotopic (exact) mass is 236 g/mol. The molecular weight excluding hydrogens is 233 g/mol. The Morgan fingerprint density at radius 3 is 2.73 bits per heavy atom. The van der Waals surface area contributed by atoms with Crippen molar-refractivity contribution in [2.45, 2.75) is 12.7 Å². The Bertz CT molecular complexity index is 492. The second-order valence-electron chi connectivity index (χ2n) is 2.84. The summed E-state index contributed by atoms with van der Waals surface area (Å²) in [6.07, 6.45) is -4.36. The molecule has 8 heteroatoms. The minimum atomic E-state index is -4.36. The fourth-order valence-electron chi connectivity index (χ4n) is 1.11. The lowest BCUT2D eigenvalue weighted by atomic mass is 10.4. The molecule has 0 aliphatic carbocycles. The molecule has 2 heterocycles. The first-order valence-electron chi connectivity index (χ1n) is 3.88. The largest absolute Gasteiger partial charge is 0.408 e. The second kappa shape index (κ2) is 3.34. The fourth-order valence-corrected chi connectivity index (χ4v) is 1.25. The third kappa shape index (κ3) is 2.17. The molecule has 0 unspecified atom stereocenters. The van der Waals surface area contributed by atoms with Gasteiger partial charge in [0.15, 0.2) is 5.65 Å². The average Bonchev–Trinajstić information content (AvgIpc) is 2.46. The number of fused-ring (bicyclic) bond motifs is 1. The number of hydrogen-bond acceptors (Lipinski definition) is 3. The summed E-state index contributed by atoms with van der Waals surface area (Å²) in [5.41, 5.74) is 0.309. The van der Waals surface area contributed by atoms with Crippen molar-refractivity contribution in [3.05, 3.63) is 17.3 Å². The number of halogens is 4. The van der Waals surface area contributed by atoms with E-state index in [-0.39, 0.29) is 16.3 Å². The highest BCUT2D eigenvalue weighted by Gasteiger charge is 2.29. The Balaban J connectivity index is 2.48. The number of pyridine rings is 1. The van der Waals surface area contributed by atoms with Crippen LogP contribution in [0.1, 0.15) is 0 Å². The van der Waals surface area contributed by atoms with Crippen LogP contribution in [0.2, 0.25) is 5.15 Å². The highest BCUT2D eigenvalue weighted by atomic mass is 35.5. The molecule has 2 aromatic rings. The zero-order chi connectivity index (χ0) is 11.1. The van der Waals surface area contributed by atoms with Crippen molar-refractivity contribution in [3.8, 4) is 0 Å². The lowest BCUT2D eigenvalue weighted by molar-refractivity contribution is -0.142. The average molecular weight is 237 g/mol. The van der Waals surface area contributed by atoms with Gasteiger partial charge in [0, 0.05) is 0 Å². The van der Waals surface area contributed by atoms with Gasteiger partial charge in [-0.25, -0.2) is 9.67 Å². The second-order valence-corrected chi connectivity index (χ2v) is 3.23. The van der Waals surface area contributed by atoms with Crippen molar-refractivity contribution >= 4 is 22.8 Å². The van der Waals surface area contributed by atoms with Gasteiger partial charge < -0.3 is 0 Å². The van der Waals surface area contributed by atoms with E-state index in [1.807, 2.05) is 0 Å². The van der Waals surface area contributed by atoms with Crippen LogP contribution in [0.15, 0.2) is 12.1 Å². The van der Waals surface area contributed by atoms with Gasteiger partial charge in [0.2, 0.25) is 0 Å². The van der Waals surface area contributed by atoms with Crippen LogP contribution in [0.25, 0.3) is 11.2 Å². The standard InChI is InChI=1S/C7H4ClF3N4/c8-5-2-1-4-6(12-5)15(14-13-4)3-7(9,10)11/h1-2H,3H2. The predicted octanol–water partition coefficient (Wildman–Crippen LogP) is 2.04. The first kappa shape index (κ1) is 10.2. The maximum atomic E-state index is 12.1. The number of aromatic nitrogens is 4. The molecule has 0 amide bonds. The van der Waals surface area contributed by atoms with Crippen LogP contribution in [0, 0.1) is 0 Å². The van der Waals surface area contributed by atoms with Gasteiger partial charge in [0.1, 0.15) is 17.2 Å². The highest BCUT2D eigenvalue weighted by Crippen LogP contribution is 2.20. The summed E-state index contributed by atoms with van der Waals surface area (Å²) in [7, 11) is 0. The maximum Gasteiger partial charge on any atom is 0.408 e. The van der Waals surface area contributed by atoms with E-state index in [2.05, 4.69) is 15.3 Å². The van der Waals surface area contributed by atoms with Crippen molar-refractivity contribution in [1.82, 2.24) is 20.0 Å². The molecule has 4 nitrogen and oxygen atoms in total. The zero-order valence-corrected chi connectivity index (χ0v) is 7.92. The smallest absolute Gasteiger partial charge is 0.218 e. The van der Waals surface area contributed by atoms with Gasteiger partial charge in [-0.3, -0.25) is 0 Å². The summed E-state index contributed by atoms with van der Waals surface area (Å²) in [6, 6.07) is 2.90. The van der Waals surface area contributed by atoms with E-state index in [4.69, 9.17) is 11.6 Å². The Morgan fingerprint density at radius 2 is 2.07 bits per heavy atom. The summed E-state index contributed by atoms with van der Waals surface area (Å²) in [4.78, 5) is 3.72. The number of rotatable bonds is 1. The molecule has 0 aromatic carbocycles. The van der Waals surface area contributed by atoms with Gasteiger partial charge in [0.25, 0.3) is 0 Å². The molecule has 0 aliphatic heterocycles. The molecule has 0 spiro atoms. The van der Waals surface area contributed by atoms with E-state index >= 15 is 0 Å². The number of nitrogens with zero attached hydrogens (tertiary/aromatic N) is 4. The minimum Gasteiger partial charge on any atom is -0.218 e. The molecule has 15 heavy (non-hydrogen) atoms. The third-order valence-corrected chi connectivity index (χ3v) is 1.87.